The number of aromatic carboxylic acids is 1. The van der Waals surface area contributed by atoms with Gasteiger partial charge in [-0.15, -0.1) is 0 Å². The van der Waals surface area contributed by atoms with E-state index in [1.165, 1.54) is 18.2 Å². The topological polar surface area (TPSA) is 79.3 Å². The van der Waals surface area contributed by atoms with Crippen molar-refractivity contribution < 1.29 is 14.7 Å². The number of carbonyl (C=O) groups excluding carboxylic acids is 1. The fourth-order valence-electron chi connectivity index (χ4n) is 1.79. The second-order valence-corrected chi connectivity index (χ2v) is 4.82. The summed E-state index contributed by atoms with van der Waals surface area (Å²) in [4.78, 5) is 26.6. The van der Waals surface area contributed by atoms with E-state index < -0.39 is 5.97 Å². The van der Waals surface area contributed by atoms with E-state index in [-0.39, 0.29) is 16.5 Å². The number of hydrogen-bond donors (Lipinski definition) is 2. The van der Waals surface area contributed by atoms with Crippen molar-refractivity contribution in [1.82, 2.24) is 4.98 Å². The Hall–Kier alpha value is -2.40. The molecule has 6 heteroatoms. The first-order valence-electron chi connectivity index (χ1n) is 6.28. The van der Waals surface area contributed by atoms with Crippen molar-refractivity contribution in [1.29, 1.82) is 0 Å². The minimum Gasteiger partial charge on any atom is -0.478 e. The Bertz CT molecular complexity index is 659. The Morgan fingerprint density at radius 1 is 1.29 bits per heavy atom. The molecule has 0 aliphatic carbocycles. The van der Waals surface area contributed by atoms with Crippen molar-refractivity contribution in [2.45, 2.75) is 12.8 Å². The summed E-state index contributed by atoms with van der Waals surface area (Å²) >= 11 is 5.84. The lowest BCUT2D eigenvalue weighted by Gasteiger charge is -2.07. The van der Waals surface area contributed by atoms with Gasteiger partial charge in [0.1, 0.15) is 0 Å². The molecule has 0 atom stereocenters. The number of nitrogens with zero attached hydrogens (tertiary/aromatic N) is 1. The monoisotopic (exact) mass is 304 g/mol. The van der Waals surface area contributed by atoms with E-state index in [0.717, 1.165) is 5.56 Å². The van der Waals surface area contributed by atoms with Crippen LogP contribution < -0.4 is 5.32 Å². The summed E-state index contributed by atoms with van der Waals surface area (Å²) in [6, 6.07) is 8.02. The molecule has 0 unspecified atom stereocenters. The standard InChI is InChI=1S/C15H13ClN2O3/c16-13-8-11(4-5-12(13)15(20)21)18-14(19)6-3-10-2-1-7-17-9-10/h1-2,4-5,7-9H,3,6H2,(H,18,19)(H,20,21). The zero-order valence-electron chi connectivity index (χ0n) is 11.0. The van der Waals surface area contributed by atoms with E-state index in [1.54, 1.807) is 12.4 Å². The lowest BCUT2D eigenvalue weighted by molar-refractivity contribution is -0.116. The maximum Gasteiger partial charge on any atom is 0.337 e. The maximum absolute atomic E-state index is 11.8. The van der Waals surface area contributed by atoms with Crippen molar-refractivity contribution in [3.8, 4) is 0 Å². The van der Waals surface area contributed by atoms with Gasteiger partial charge in [0.25, 0.3) is 0 Å². The molecule has 1 aromatic carbocycles. The van der Waals surface area contributed by atoms with E-state index in [9.17, 15) is 9.59 Å². The smallest absolute Gasteiger partial charge is 0.337 e. The van der Waals surface area contributed by atoms with Crippen molar-refractivity contribution in [2.24, 2.45) is 0 Å². The molecule has 0 fully saturated rings. The summed E-state index contributed by atoms with van der Waals surface area (Å²) in [7, 11) is 0. The first kappa shape index (κ1) is 15.0. The van der Waals surface area contributed by atoms with Crippen LogP contribution in [-0.2, 0) is 11.2 Å². The van der Waals surface area contributed by atoms with Gasteiger partial charge in [0.15, 0.2) is 0 Å². The van der Waals surface area contributed by atoms with Gasteiger partial charge in [0.2, 0.25) is 5.91 Å². The molecule has 1 heterocycles. The van der Waals surface area contributed by atoms with E-state index in [2.05, 4.69) is 10.3 Å². The second-order valence-electron chi connectivity index (χ2n) is 4.41. The molecule has 108 valence electrons. The number of amides is 1. The first-order valence-corrected chi connectivity index (χ1v) is 6.65. The number of carboxylic acids is 1. The lowest BCUT2D eigenvalue weighted by Crippen LogP contribution is -2.12. The average Bonchev–Trinajstić information content (AvgIpc) is 2.46. The number of nitrogens with one attached hydrogen (secondary N) is 1. The third kappa shape index (κ3) is 4.29. The van der Waals surface area contributed by atoms with Crippen molar-refractivity contribution in [3.63, 3.8) is 0 Å². The fraction of sp³-hybridized carbons (Fsp3) is 0.133. The normalized spacial score (nSPS) is 10.1. The highest BCUT2D eigenvalue weighted by atomic mass is 35.5. The highest BCUT2D eigenvalue weighted by molar-refractivity contribution is 6.33. The van der Waals surface area contributed by atoms with E-state index in [0.29, 0.717) is 18.5 Å². The van der Waals surface area contributed by atoms with Gasteiger partial charge in [-0.2, -0.15) is 0 Å². The molecule has 0 saturated carbocycles. The SMILES string of the molecule is O=C(CCc1cccnc1)Nc1ccc(C(=O)O)c(Cl)c1. The summed E-state index contributed by atoms with van der Waals surface area (Å²) in [5.74, 6) is -1.27. The van der Waals surface area contributed by atoms with Crippen LogP contribution in [0.15, 0.2) is 42.7 Å². The van der Waals surface area contributed by atoms with Gasteiger partial charge < -0.3 is 10.4 Å². The molecule has 2 N–H and O–H groups in total. The Kier molecular flexibility index (Phi) is 4.90. The molecule has 0 aliphatic rings. The molecule has 0 bridgehead atoms. The number of aromatic nitrogens is 1. The Morgan fingerprint density at radius 2 is 2.10 bits per heavy atom. The summed E-state index contributed by atoms with van der Waals surface area (Å²) in [6.07, 6.45) is 4.28. The van der Waals surface area contributed by atoms with Crippen LogP contribution in [-0.4, -0.2) is 22.0 Å². The van der Waals surface area contributed by atoms with Crippen LogP contribution in [0.3, 0.4) is 0 Å². The minimum atomic E-state index is -1.10. The van der Waals surface area contributed by atoms with Crippen LogP contribution in [0.1, 0.15) is 22.3 Å². The average molecular weight is 305 g/mol. The molecule has 0 radical (unpaired) electrons. The van der Waals surface area contributed by atoms with Crippen LogP contribution in [0.2, 0.25) is 5.02 Å². The molecular formula is C15H13ClN2O3. The van der Waals surface area contributed by atoms with E-state index in [4.69, 9.17) is 16.7 Å². The van der Waals surface area contributed by atoms with E-state index in [1.807, 2.05) is 12.1 Å². The highest BCUT2D eigenvalue weighted by Gasteiger charge is 2.10. The fourth-order valence-corrected chi connectivity index (χ4v) is 2.06. The van der Waals surface area contributed by atoms with Gasteiger partial charge in [-0.25, -0.2) is 4.79 Å². The van der Waals surface area contributed by atoms with Crippen LogP contribution in [0.4, 0.5) is 5.69 Å². The number of carbonyl (C=O) groups is 2. The maximum atomic E-state index is 11.8. The molecule has 0 saturated heterocycles. The van der Waals surface area contributed by atoms with Gasteiger partial charge >= 0.3 is 5.97 Å². The van der Waals surface area contributed by atoms with Gasteiger partial charge in [-0.05, 0) is 36.2 Å². The Morgan fingerprint density at radius 3 is 2.71 bits per heavy atom. The molecule has 2 rings (SSSR count). The van der Waals surface area contributed by atoms with E-state index >= 15 is 0 Å². The predicted molar refractivity (Wildman–Crippen MR) is 79.6 cm³/mol. The van der Waals surface area contributed by atoms with Gasteiger partial charge in [0.05, 0.1) is 10.6 Å². The zero-order valence-corrected chi connectivity index (χ0v) is 11.8. The lowest BCUT2D eigenvalue weighted by atomic mass is 10.1. The van der Waals surface area contributed by atoms with Crippen molar-refractivity contribution in [3.05, 3.63) is 58.9 Å². The van der Waals surface area contributed by atoms with Gasteiger partial charge in [0, 0.05) is 24.5 Å². The third-order valence-corrected chi connectivity index (χ3v) is 3.16. The number of halogens is 1. The zero-order chi connectivity index (χ0) is 15.2. The highest BCUT2D eigenvalue weighted by Crippen LogP contribution is 2.21. The molecule has 5 nitrogen and oxygen atoms in total. The summed E-state index contributed by atoms with van der Waals surface area (Å²) in [6.45, 7) is 0. The van der Waals surface area contributed by atoms with Gasteiger partial charge in [-0.3, -0.25) is 9.78 Å². The van der Waals surface area contributed by atoms with Crippen LogP contribution in [0.25, 0.3) is 0 Å². The van der Waals surface area contributed by atoms with Crippen LogP contribution in [0, 0.1) is 0 Å². The predicted octanol–water partition coefficient (Wildman–Crippen LogP) is 3.00. The number of carboxylic acid groups (broad SMARTS) is 1. The quantitative estimate of drug-likeness (QED) is 0.890. The first-order chi connectivity index (χ1) is 10.1. The minimum absolute atomic E-state index is 0.00465. The largest absolute Gasteiger partial charge is 0.478 e. The number of benzene rings is 1. The number of pyridine rings is 1. The molecule has 1 aromatic heterocycles. The second kappa shape index (κ2) is 6.85. The number of hydrogen-bond acceptors (Lipinski definition) is 3. The third-order valence-electron chi connectivity index (χ3n) is 2.85. The number of aryl methyl sites for hydroxylation is 1. The Balaban J connectivity index is 1.94. The van der Waals surface area contributed by atoms with Crippen molar-refractivity contribution in [2.75, 3.05) is 5.32 Å². The molecule has 2 aromatic rings. The molecule has 1 amide bonds. The molecule has 0 spiro atoms. The summed E-state index contributed by atoms with van der Waals surface area (Å²) in [5.41, 5.74) is 1.46. The number of anilines is 1. The van der Waals surface area contributed by atoms with Crippen LogP contribution >= 0.6 is 11.6 Å². The summed E-state index contributed by atoms with van der Waals surface area (Å²) in [5, 5.41) is 11.6. The van der Waals surface area contributed by atoms with Crippen molar-refractivity contribution >= 4 is 29.2 Å². The molecular weight excluding hydrogens is 292 g/mol. The summed E-state index contributed by atoms with van der Waals surface area (Å²) < 4.78 is 0. The molecule has 21 heavy (non-hydrogen) atoms. The Labute approximate surface area is 126 Å². The number of rotatable bonds is 5. The molecule has 0 aliphatic heterocycles. The van der Waals surface area contributed by atoms with Crippen LogP contribution in [0.5, 0.6) is 0 Å². The van der Waals surface area contributed by atoms with Gasteiger partial charge in [-0.1, -0.05) is 17.7 Å².